The molecule has 1 aromatic heterocycles. The summed E-state index contributed by atoms with van der Waals surface area (Å²) in [6, 6.07) is 9.70. The number of methoxy groups -OCH3 is 1. The fourth-order valence-electron chi connectivity index (χ4n) is 1.83. The molecule has 1 atom stereocenters. The van der Waals surface area contributed by atoms with Gasteiger partial charge in [-0.25, -0.2) is 0 Å². The maximum Gasteiger partial charge on any atom is 0.305 e. The van der Waals surface area contributed by atoms with Gasteiger partial charge in [-0.1, -0.05) is 18.2 Å². The number of carbonyl (C=O) groups is 1. The van der Waals surface area contributed by atoms with Crippen molar-refractivity contribution in [2.24, 2.45) is 5.73 Å². The average Bonchev–Trinajstić information content (AvgIpc) is 2.43. The monoisotopic (exact) mass is 244 g/mol. The molecule has 2 N–H and O–H groups in total. The van der Waals surface area contributed by atoms with Crippen molar-refractivity contribution in [3.63, 3.8) is 0 Å². The lowest BCUT2D eigenvalue weighted by molar-refractivity contribution is -0.140. The Hall–Kier alpha value is -1.94. The number of esters is 1. The van der Waals surface area contributed by atoms with Crippen LogP contribution in [-0.4, -0.2) is 18.1 Å². The maximum atomic E-state index is 11.1. The van der Waals surface area contributed by atoms with Crippen LogP contribution < -0.4 is 5.73 Å². The van der Waals surface area contributed by atoms with Crippen molar-refractivity contribution in [3.8, 4) is 0 Å². The molecule has 4 nitrogen and oxygen atoms in total. The minimum atomic E-state index is -0.237. The number of rotatable bonds is 4. The third kappa shape index (κ3) is 2.84. The molecular formula is C14H16N2O2. The molecule has 18 heavy (non-hydrogen) atoms. The summed E-state index contributed by atoms with van der Waals surface area (Å²) in [6.45, 7) is 0. The Bertz CT molecular complexity index is 554. The smallest absolute Gasteiger partial charge is 0.305 e. The summed E-state index contributed by atoms with van der Waals surface area (Å²) in [5, 5.41) is 1.06. The van der Waals surface area contributed by atoms with E-state index in [0.717, 1.165) is 16.5 Å². The molecule has 0 bridgehead atoms. The summed E-state index contributed by atoms with van der Waals surface area (Å²) in [4.78, 5) is 15.4. The minimum Gasteiger partial charge on any atom is -0.469 e. The molecule has 0 fully saturated rings. The highest BCUT2D eigenvalue weighted by molar-refractivity contribution is 5.78. The molecule has 0 spiro atoms. The molecule has 94 valence electrons. The molecular weight excluding hydrogens is 228 g/mol. The van der Waals surface area contributed by atoms with Crippen LogP contribution in [0.1, 0.15) is 24.4 Å². The highest BCUT2D eigenvalue weighted by atomic mass is 16.5. The molecule has 1 aromatic carbocycles. The van der Waals surface area contributed by atoms with Crippen LogP contribution in [0.2, 0.25) is 0 Å². The minimum absolute atomic E-state index is 0.193. The van der Waals surface area contributed by atoms with Crippen LogP contribution in [0, 0.1) is 0 Å². The van der Waals surface area contributed by atoms with Gasteiger partial charge >= 0.3 is 5.97 Å². The van der Waals surface area contributed by atoms with Crippen LogP contribution in [0.25, 0.3) is 10.9 Å². The van der Waals surface area contributed by atoms with Crippen molar-refractivity contribution >= 4 is 16.9 Å². The fraction of sp³-hybridized carbons (Fsp3) is 0.286. The molecule has 2 rings (SSSR count). The molecule has 0 aliphatic rings. The van der Waals surface area contributed by atoms with Gasteiger partial charge in [-0.3, -0.25) is 9.78 Å². The van der Waals surface area contributed by atoms with Crippen LogP contribution in [-0.2, 0) is 9.53 Å². The number of nitrogens with zero attached hydrogens (tertiary/aromatic N) is 1. The number of fused-ring (bicyclic) bond motifs is 1. The summed E-state index contributed by atoms with van der Waals surface area (Å²) in [5.41, 5.74) is 7.93. The van der Waals surface area contributed by atoms with E-state index in [1.165, 1.54) is 7.11 Å². The maximum absolute atomic E-state index is 11.1. The van der Waals surface area contributed by atoms with Crippen molar-refractivity contribution in [1.82, 2.24) is 4.98 Å². The number of hydrogen-bond acceptors (Lipinski definition) is 4. The first kappa shape index (κ1) is 12.5. The lowest BCUT2D eigenvalue weighted by atomic mass is 10.0. The average molecular weight is 244 g/mol. The number of nitrogens with two attached hydrogens (primary N) is 1. The Labute approximate surface area is 106 Å². The molecule has 0 saturated heterocycles. The van der Waals surface area contributed by atoms with Gasteiger partial charge in [-0.2, -0.15) is 0 Å². The molecule has 1 heterocycles. The fourth-order valence-corrected chi connectivity index (χ4v) is 1.83. The summed E-state index contributed by atoms with van der Waals surface area (Å²) in [5.74, 6) is -0.237. The molecule has 0 saturated carbocycles. The van der Waals surface area contributed by atoms with Gasteiger partial charge in [0.05, 0.1) is 12.6 Å². The first-order valence-electron chi connectivity index (χ1n) is 5.88. The van der Waals surface area contributed by atoms with Crippen LogP contribution in [0.3, 0.4) is 0 Å². The summed E-state index contributed by atoms with van der Waals surface area (Å²) >= 11 is 0. The number of hydrogen-bond donors (Lipinski definition) is 1. The van der Waals surface area contributed by atoms with Gasteiger partial charge in [0.25, 0.3) is 0 Å². The van der Waals surface area contributed by atoms with E-state index in [1.54, 1.807) is 6.20 Å². The van der Waals surface area contributed by atoms with E-state index >= 15 is 0 Å². The second kappa shape index (κ2) is 5.60. The number of aromatic nitrogens is 1. The highest BCUT2D eigenvalue weighted by Crippen LogP contribution is 2.19. The van der Waals surface area contributed by atoms with E-state index in [-0.39, 0.29) is 12.0 Å². The van der Waals surface area contributed by atoms with Crippen molar-refractivity contribution in [2.45, 2.75) is 18.9 Å². The topological polar surface area (TPSA) is 65.2 Å². The van der Waals surface area contributed by atoms with Crippen LogP contribution in [0.5, 0.6) is 0 Å². The molecule has 4 heteroatoms. The number of ether oxygens (including phenoxy) is 1. The van der Waals surface area contributed by atoms with Gasteiger partial charge < -0.3 is 10.5 Å². The van der Waals surface area contributed by atoms with E-state index in [4.69, 9.17) is 5.73 Å². The zero-order chi connectivity index (χ0) is 13.0. The van der Waals surface area contributed by atoms with Gasteiger partial charge in [0.1, 0.15) is 0 Å². The number of para-hydroxylation sites is 1. The molecule has 1 unspecified atom stereocenters. The van der Waals surface area contributed by atoms with Gasteiger partial charge in [0, 0.05) is 24.0 Å². The number of pyridine rings is 1. The molecule has 0 aliphatic carbocycles. The number of benzene rings is 1. The summed E-state index contributed by atoms with van der Waals surface area (Å²) < 4.78 is 4.60. The Morgan fingerprint density at radius 3 is 3.00 bits per heavy atom. The first-order chi connectivity index (χ1) is 8.70. The van der Waals surface area contributed by atoms with Gasteiger partial charge in [0.2, 0.25) is 0 Å². The Kier molecular flexibility index (Phi) is 3.89. The van der Waals surface area contributed by atoms with E-state index in [9.17, 15) is 4.79 Å². The van der Waals surface area contributed by atoms with E-state index in [1.807, 2.05) is 30.3 Å². The molecule has 2 aromatic rings. The quantitative estimate of drug-likeness (QED) is 0.837. The van der Waals surface area contributed by atoms with Gasteiger partial charge in [-0.15, -0.1) is 0 Å². The Balaban J connectivity index is 2.12. The van der Waals surface area contributed by atoms with Crippen LogP contribution in [0.15, 0.2) is 36.5 Å². The Morgan fingerprint density at radius 2 is 2.22 bits per heavy atom. The summed E-state index contributed by atoms with van der Waals surface area (Å²) in [6.07, 6.45) is 2.65. The Morgan fingerprint density at radius 1 is 1.44 bits per heavy atom. The predicted molar refractivity (Wildman–Crippen MR) is 69.9 cm³/mol. The third-order valence-electron chi connectivity index (χ3n) is 2.93. The standard InChI is InChI=1S/C14H16N2O2/c1-18-14(17)7-6-12(15)11-8-10-4-2-3-5-13(10)16-9-11/h2-5,8-9,12H,6-7,15H2,1H3. The number of carbonyl (C=O) groups excluding carboxylic acids is 1. The second-order valence-corrected chi connectivity index (χ2v) is 4.18. The SMILES string of the molecule is COC(=O)CCC(N)c1cnc2ccccc2c1. The largest absolute Gasteiger partial charge is 0.469 e. The highest BCUT2D eigenvalue weighted by Gasteiger charge is 2.10. The van der Waals surface area contributed by atoms with E-state index < -0.39 is 0 Å². The van der Waals surface area contributed by atoms with Crippen molar-refractivity contribution < 1.29 is 9.53 Å². The van der Waals surface area contributed by atoms with Gasteiger partial charge in [-0.05, 0) is 24.1 Å². The lowest BCUT2D eigenvalue weighted by Crippen LogP contribution is -2.13. The second-order valence-electron chi connectivity index (χ2n) is 4.18. The van der Waals surface area contributed by atoms with Crippen LogP contribution >= 0.6 is 0 Å². The first-order valence-corrected chi connectivity index (χ1v) is 5.88. The molecule has 0 aliphatic heterocycles. The van der Waals surface area contributed by atoms with Crippen LogP contribution in [0.4, 0.5) is 0 Å². The van der Waals surface area contributed by atoms with E-state index in [2.05, 4.69) is 9.72 Å². The van der Waals surface area contributed by atoms with E-state index in [0.29, 0.717) is 12.8 Å². The molecule has 0 amide bonds. The third-order valence-corrected chi connectivity index (χ3v) is 2.93. The molecule has 0 radical (unpaired) electrons. The van der Waals surface area contributed by atoms with Crippen molar-refractivity contribution in [2.75, 3.05) is 7.11 Å². The normalized spacial score (nSPS) is 12.3. The zero-order valence-electron chi connectivity index (χ0n) is 10.3. The summed E-state index contributed by atoms with van der Waals surface area (Å²) in [7, 11) is 1.38. The lowest BCUT2D eigenvalue weighted by Gasteiger charge is -2.11. The van der Waals surface area contributed by atoms with Gasteiger partial charge in [0.15, 0.2) is 0 Å². The van der Waals surface area contributed by atoms with Crippen molar-refractivity contribution in [1.29, 1.82) is 0 Å². The predicted octanol–water partition coefficient (Wildman–Crippen LogP) is 2.19. The zero-order valence-corrected chi connectivity index (χ0v) is 10.3. The van der Waals surface area contributed by atoms with Crippen molar-refractivity contribution in [3.05, 3.63) is 42.1 Å².